The van der Waals surface area contributed by atoms with E-state index in [1.165, 1.54) is 4.52 Å². The Morgan fingerprint density at radius 2 is 2.09 bits per heavy atom. The molecule has 5 N–H and O–H groups in total. The molecule has 9 nitrogen and oxygen atoms in total. The second kappa shape index (κ2) is 10.5. The van der Waals surface area contributed by atoms with Crippen LogP contribution in [-0.2, 0) is 13.0 Å². The highest BCUT2D eigenvalue weighted by Gasteiger charge is 2.15. The quantitative estimate of drug-likeness (QED) is 0.289. The topological polar surface area (TPSA) is 133 Å². The summed E-state index contributed by atoms with van der Waals surface area (Å²) in [6, 6.07) is 9.33. The SMILES string of the molecule is CCc1cc2cccc(Cl)c2c(=O)n1CCSNC.NC(=O)c1c(N)nn2cccnc12. The number of carbonyl (C=O) groups excluding carboxylic acids is 1. The van der Waals surface area contributed by atoms with Crippen molar-refractivity contribution in [2.24, 2.45) is 5.73 Å². The van der Waals surface area contributed by atoms with Gasteiger partial charge in [-0.25, -0.2) is 9.50 Å². The second-order valence-electron chi connectivity index (χ2n) is 6.72. The van der Waals surface area contributed by atoms with Gasteiger partial charge in [0, 0.05) is 30.4 Å². The van der Waals surface area contributed by atoms with Gasteiger partial charge < -0.3 is 16.0 Å². The van der Waals surface area contributed by atoms with E-state index >= 15 is 0 Å². The molecule has 0 spiro atoms. The van der Waals surface area contributed by atoms with E-state index in [0.29, 0.717) is 22.6 Å². The van der Waals surface area contributed by atoms with Gasteiger partial charge in [-0.1, -0.05) is 42.6 Å². The Hall–Kier alpha value is -3.08. The number of carbonyl (C=O) groups is 1. The van der Waals surface area contributed by atoms with Crippen molar-refractivity contribution in [3.05, 3.63) is 69.4 Å². The third-order valence-corrected chi connectivity index (χ3v) is 5.76. The van der Waals surface area contributed by atoms with Crippen molar-refractivity contribution in [1.82, 2.24) is 23.9 Å². The molecule has 0 radical (unpaired) electrons. The van der Waals surface area contributed by atoms with Crippen LogP contribution >= 0.6 is 23.5 Å². The van der Waals surface area contributed by atoms with Crippen molar-refractivity contribution in [2.45, 2.75) is 19.9 Å². The highest BCUT2D eigenvalue weighted by Crippen LogP contribution is 2.21. The molecule has 11 heteroatoms. The number of nitrogens with two attached hydrogens (primary N) is 2. The highest BCUT2D eigenvalue weighted by molar-refractivity contribution is 7.97. The minimum absolute atomic E-state index is 0.0108. The molecule has 0 atom stereocenters. The molecule has 0 saturated carbocycles. The van der Waals surface area contributed by atoms with Crippen LogP contribution in [0.4, 0.5) is 5.82 Å². The molecule has 1 aromatic carbocycles. The Labute approximate surface area is 193 Å². The number of aryl methyl sites for hydroxylation is 1. The molecule has 0 aliphatic rings. The summed E-state index contributed by atoms with van der Waals surface area (Å²) < 4.78 is 6.26. The lowest BCUT2D eigenvalue weighted by Gasteiger charge is -2.13. The minimum Gasteiger partial charge on any atom is -0.381 e. The maximum Gasteiger partial charge on any atom is 0.260 e. The first-order chi connectivity index (χ1) is 15.4. The molecular formula is C21H24ClN7O2S. The van der Waals surface area contributed by atoms with E-state index in [2.05, 4.69) is 27.8 Å². The standard InChI is InChI=1S/C14H17ClN2OS.C7H7N5O/c1-3-11-9-10-5-4-6-12(15)13(10)14(18)17(11)7-8-19-16-2;8-5-4(6(9)13)7-10-2-1-3-12(7)11-5/h4-6,9,16H,3,7-8H2,1-2H3;1-3H,(H2,8,11)(H2,9,13). The van der Waals surface area contributed by atoms with Crippen LogP contribution in [-0.4, -0.2) is 37.9 Å². The zero-order chi connectivity index (χ0) is 23.3. The first-order valence-corrected chi connectivity index (χ1v) is 11.2. The third-order valence-electron chi connectivity index (χ3n) is 4.77. The number of benzene rings is 1. The van der Waals surface area contributed by atoms with Gasteiger partial charge in [-0.15, -0.1) is 5.10 Å². The van der Waals surface area contributed by atoms with E-state index in [1.54, 1.807) is 36.5 Å². The number of halogens is 1. The monoisotopic (exact) mass is 473 g/mol. The van der Waals surface area contributed by atoms with Gasteiger partial charge in [0.05, 0.1) is 10.4 Å². The Bertz CT molecular complexity index is 1320. The van der Waals surface area contributed by atoms with Gasteiger partial charge in [-0.3, -0.25) is 14.3 Å². The number of primary amides is 1. The predicted molar refractivity (Wildman–Crippen MR) is 130 cm³/mol. The molecule has 0 fully saturated rings. The third kappa shape index (κ3) is 4.87. The molecule has 168 valence electrons. The number of rotatable bonds is 6. The summed E-state index contributed by atoms with van der Waals surface area (Å²) in [7, 11) is 1.88. The zero-order valence-corrected chi connectivity index (χ0v) is 19.3. The molecule has 32 heavy (non-hydrogen) atoms. The van der Waals surface area contributed by atoms with Crippen LogP contribution in [0.25, 0.3) is 16.4 Å². The number of anilines is 1. The zero-order valence-electron chi connectivity index (χ0n) is 17.7. The van der Waals surface area contributed by atoms with Crippen molar-refractivity contribution in [2.75, 3.05) is 18.5 Å². The van der Waals surface area contributed by atoms with Crippen LogP contribution in [0.1, 0.15) is 23.0 Å². The number of pyridine rings is 1. The fourth-order valence-corrected chi connectivity index (χ4v) is 4.07. The molecule has 4 rings (SSSR count). The number of aromatic nitrogens is 4. The van der Waals surface area contributed by atoms with Crippen molar-refractivity contribution in [1.29, 1.82) is 0 Å². The predicted octanol–water partition coefficient (Wildman–Crippen LogP) is 2.50. The largest absolute Gasteiger partial charge is 0.381 e. The average Bonchev–Trinajstić information content (AvgIpc) is 3.11. The number of amides is 1. The number of hydrogen-bond acceptors (Lipinski definition) is 7. The molecule has 4 aromatic rings. The number of nitrogens with zero attached hydrogens (tertiary/aromatic N) is 4. The lowest BCUT2D eigenvalue weighted by atomic mass is 10.1. The number of nitrogen functional groups attached to an aromatic ring is 1. The van der Waals surface area contributed by atoms with E-state index in [1.807, 2.05) is 23.7 Å². The summed E-state index contributed by atoms with van der Waals surface area (Å²) in [5, 5.41) is 5.94. The van der Waals surface area contributed by atoms with Gasteiger partial charge >= 0.3 is 0 Å². The van der Waals surface area contributed by atoms with E-state index in [4.69, 9.17) is 23.1 Å². The van der Waals surface area contributed by atoms with Gasteiger partial charge in [-0.2, -0.15) is 0 Å². The smallest absolute Gasteiger partial charge is 0.260 e. The maximum absolute atomic E-state index is 12.6. The first-order valence-electron chi connectivity index (χ1n) is 9.87. The Morgan fingerprint density at radius 3 is 2.78 bits per heavy atom. The summed E-state index contributed by atoms with van der Waals surface area (Å²) >= 11 is 7.76. The van der Waals surface area contributed by atoms with Crippen LogP contribution in [0.2, 0.25) is 5.02 Å². The van der Waals surface area contributed by atoms with Gasteiger partial charge in [-0.05, 0) is 37.1 Å². The lowest BCUT2D eigenvalue weighted by molar-refractivity contribution is 0.100. The van der Waals surface area contributed by atoms with Crippen molar-refractivity contribution in [3.8, 4) is 0 Å². The van der Waals surface area contributed by atoms with Crippen molar-refractivity contribution in [3.63, 3.8) is 0 Å². The lowest BCUT2D eigenvalue weighted by Crippen LogP contribution is -2.25. The van der Waals surface area contributed by atoms with Gasteiger partial charge in [0.25, 0.3) is 11.5 Å². The molecule has 3 heterocycles. The Balaban J connectivity index is 0.000000193. The molecule has 0 bridgehead atoms. The van der Waals surface area contributed by atoms with Gasteiger partial charge in [0.1, 0.15) is 5.56 Å². The Morgan fingerprint density at radius 1 is 1.31 bits per heavy atom. The van der Waals surface area contributed by atoms with Crippen LogP contribution in [0.3, 0.4) is 0 Å². The molecule has 0 aliphatic heterocycles. The second-order valence-corrected chi connectivity index (χ2v) is 8.23. The minimum atomic E-state index is -0.619. The van der Waals surface area contributed by atoms with E-state index in [0.717, 1.165) is 23.3 Å². The van der Waals surface area contributed by atoms with Crippen molar-refractivity contribution >= 4 is 51.7 Å². The van der Waals surface area contributed by atoms with Gasteiger partial charge in [0.15, 0.2) is 11.5 Å². The molecule has 0 unspecified atom stereocenters. The number of fused-ring (bicyclic) bond motifs is 2. The molecular weight excluding hydrogens is 450 g/mol. The average molecular weight is 474 g/mol. The maximum atomic E-state index is 12.6. The fourth-order valence-electron chi connectivity index (χ4n) is 3.33. The summed E-state index contributed by atoms with van der Waals surface area (Å²) in [5.74, 6) is 0.330. The van der Waals surface area contributed by atoms with E-state index in [9.17, 15) is 9.59 Å². The van der Waals surface area contributed by atoms with E-state index < -0.39 is 5.91 Å². The molecule has 0 aliphatic carbocycles. The van der Waals surface area contributed by atoms with Crippen molar-refractivity contribution < 1.29 is 4.79 Å². The normalized spacial score (nSPS) is 10.8. The summed E-state index contributed by atoms with van der Waals surface area (Å²) in [4.78, 5) is 27.5. The van der Waals surface area contributed by atoms with Gasteiger partial charge in [0.2, 0.25) is 0 Å². The number of hydrogen-bond donors (Lipinski definition) is 3. The van der Waals surface area contributed by atoms with Crippen LogP contribution in [0.15, 0.2) is 47.5 Å². The summed E-state index contributed by atoms with van der Waals surface area (Å²) in [5.41, 5.74) is 12.2. The molecule has 1 amide bonds. The van der Waals surface area contributed by atoms with E-state index in [-0.39, 0.29) is 16.9 Å². The fraction of sp³-hybridized carbons (Fsp3) is 0.238. The number of nitrogens with one attached hydrogen (secondary N) is 1. The summed E-state index contributed by atoms with van der Waals surface area (Å²) in [6.07, 6.45) is 4.02. The molecule has 3 aromatic heterocycles. The van der Waals surface area contributed by atoms with Crippen LogP contribution in [0, 0.1) is 0 Å². The Kier molecular flexibility index (Phi) is 7.73. The van der Waals surface area contributed by atoms with Crippen LogP contribution in [0.5, 0.6) is 0 Å². The molecule has 0 saturated heterocycles. The summed E-state index contributed by atoms with van der Waals surface area (Å²) in [6.45, 7) is 2.75. The van der Waals surface area contributed by atoms with Crippen LogP contribution < -0.4 is 21.7 Å². The first kappa shape index (κ1) is 23.6. The highest BCUT2D eigenvalue weighted by atomic mass is 35.5.